The highest BCUT2D eigenvalue weighted by Crippen LogP contribution is 2.52. The topological polar surface area (TPSA) is 24.1 Å². The minimum absolute atomic E-state index is 0.179. The molecule has 1 aromatic rings. The monoisotopic (exact) mass is 348 g/mol. The van der Waals surface area contributed by atoms with E-state index < -0.39 is 16.5 Å². The van der Waals surface area contributed by atoms with Crippen LogP contribution in [0.5, 0.6) is 0 Å². The number of rotatable bonds is 4. The molecule has 1 aliphatic carbocycles. The molecule has 0 amide bonds. The van der Waals surface area contributed by atoms with Crippen molar-refractivity contribution in [3.63, 3.8) is 0 Å². The first-order chi connectivity index (χ1) is 10.4. The summed E-state index contributed by atoms with van der Waals surface area (Å²) in [6.07, 6.45) is 0. The van der Waals surface area contributed by atoms with Crippen molar-refractivity contribution in [3.05, 3.63) is 35.4 Å². The smallest absolute Gasteiger partial charge is 0.127 e. The highest BCUT2D eigenvalue weighted by Gasteiger charge is 2.51. The van der Waals surface area contributed by atoms with E-state index in [1.54, 1.807) is 11.1 Å². The fraction of sp³-hybridized carbons (Fsp3) is 0.684. The van der Waals surface area contributed by atoms with Gasteiger partial charge in [0.05, 0.1) is 0 Å². The molecule has 0 saturated carbocycles. The predicted octanol–water partition coefficient (Wildman–Crippen LogP) is 4.60. The maximum Gasteiger partial charge on any atom is 0.127 e. The Morgan fingerprint density at radius 2 is 1.30 bits per heavy atom. The van der Waals surface area contributed by atoms with E-state index in [0.717, 1.165) is 0 Å². The number of hydrogen-bond acceptors (Lipinski definition) is 2. The molecule has 23 heavy (non-hydrogen) atoms. The van der Waals surface area contributed by atoms with Crippen LogP contribution in [0.2, 0.25) is 26.2 Å². The molecule has 4 heteroatoms. The summed E-state index contributed by atoms with van der Waals surface area (Å²) >= 11 is 0. The summed E-state index contributed by atoms with van der Waals surface area (Å²) in [5, 5.41) is 0. The van der Waals surface area contributed by atoms with Crippen molar-refractivity contribution in [1.82, 2.24) is 9.96 Å². The second-order valence-corrected chi connectivity index (χ2v) is 18.4. The maximum atomic E-state index is 4.03. The van der Waals surface area contributed by atoms with Crippen LogP contribution < -0.4 is 9.96 Å². The van der Waals surface area contributed by atoms with Gasteiger partial charge in [-0.1, -0.05) is 57.4 Å². The largest absolute Gasteiger partial charge is 0.340 e. The van der Waals surface area contributed by atoms with Crippen LogP contribution in [-0.4, -0.2) is 29.1 Å². The van der Waals surface area contributed by atoms with Gasteiger partial charge in [0.1, 0.15) is 16.5 Å². The van der Waals surface area contributed by atoms with Gasteiger partial charge in [-0.2, -0.15) is 0 Å². The number of benzene rings is 1. The van der Waals surface area contributed by atoms with Crippen molar-refractivity contribution in [2.75, 3.05) is 7.05 Å². The van der Waals surface area contributed by atoms with Crippen LogP contribution >= 0.6 is 0 Å². The molecule has 3 atom stereocenters. The number of nitrogens with one attached hydrogen (secondary N) is 2. The van der Waals surface area contributed by atoms with Crippen LogP contribution in [-0.2, 0) is 0 Å². The maximum absolute atomic E-state index is 4.03. The average molecular weight is 349 g/mol. The van der Waals surface area contributed by atoms with Crippen LogP contribution in [0.25, 0.3) is 0 Å². The molecule has 1 aromatic carbocycles. The number of hydrogen-bond donors (Lipinski definition) is 2. The molecule has 1 aliphatic rings. The first-order valence-corrected chi connectivity index (χ1v) is 15.1. The Morgan fingerprint density at radius 3 is 1.70 bits per heavy atom. The third kappa shape index (κ3) is 3.65. The van der Waals surface area contributed by atoms with Crippen molar-refractivity contribution in [3.8, 4) is 0 Å². The standard InChI is InChI=1S/C19H36N2Si2/c1-14-17(22(6,7)20-5)15-12-10-11-13-16(15)18(14)23(8,9)21-19(2,3)4/h10-14,17-18,20-21H,1-9H3. The molecule has 2 rings (SSSR count). The van der Waals surface area contributed by atoms with Gasteiger partial charge in [-0.25, -0.2) is 0 Å². The second-order valence-electron chi connectivity index (χ2n) is 9.51. The van der Waals surface area contributed by atoms with Gasteiger partial charge in [0.25, 0.3) is 0 Å². The molecular weight excluding hydrogens is 312 g/mol. The molecule has 0 spiro atoms. The SMILES string of the molecule is CN[Si](C)(C)C1c2ccccc2C([Si](C)(C)NC(C)(C)C)C1C. The van der Waals surface area contributed by atoms with Crippen LogP contribution in [0.4, 0.5) is 0 Å². The normalized spacial score (nSPS) is 25.5. The Balaban J connectivity index is 2.51. The summed E-state index contributed by atoms with van der Waals surface area (Å²) < 4.78 is 0. The molecule has 2 nitrogen and oxygen atoms in total. The molecule has 0 radical (unpaired) electrons. The van der Waals surface area contributed by atoms with E-state index in [1.807, 2.05) is 0 Å². The molecular formula is C19H36N2Si2. The zero-order chi connectivity index (χ0) is 17.6. The first-order valence-electron chi connectivity index (χ1n) is 8.98. The van der Waals surface area contributed by atoms with Crippen molar-refractivity contribution in [1.29, 1.82) is 0 Å². The Morgan fingerprint density at radius 1 is 0.870 bits per heavy atom. The van der Waals surface area contributed by atoms with Crippen molar-refractivity contribution in [2.45, 2.75) is 70.5 Å². The molecule has 2 N–H and O–H groups in total. The van der Waals surface area contributed by atoms with Gasteiger partial charge < -0.3 is 9.96 Å². The van der Waals surface area contributed by atoms with Crippen LogP contribution in [0.1, 0.15) is 49.9 Å². The van der Waals surface area contributed by atoms with E-state index in [-0.39, 0.29) is 5.54 Å². The van der Waals surface area contributed by atoms with E-state index in [1.165, 1.54) is 0 Å². The van der Waals surface area contributed by atoms with E-state index in [0.29, 0.717) is 17.0 Å². The molecule has 0 heterocycles. The first kappa shape index (κ1) is 18.9. The van der Waals surface area contributed by atoms with Crippen molar-refractivity contribution < 1.29 is 0 Å². The molecule has 0 bridgehead atoms. The van der Waals surface area contributed by atoms with Crippen LogP contribution in [0.15, 0.2) is 24.3 Å². The summed E-state index contributed by atoms with van der Waals surface area (Å²) in [4.78, 5) is 7.74. The lowest BCUT2D eigenvalue weighted by Gasteiger charge is -2.42. The summed E-state index contributed by atoms with van der Waals surface area (Å²) in [6.45, 7) is 19.4. The quantitative estimate of drug-likeness (QED) is 0.777. The fourth-order valence-corrected chi connectivity index (χ4v) is 12.8. The van der Waals surface area contributed by atoms with Crippen LogP contribution in [0, 0.1) is 5.92 Å². The lowest BCUT2D eigenvalue weighted by atomic mass is 10.1. The Labute approximate surface area is 145 Å². The Hall–Kier alpha value is -0.426. The van der Waals surface area contributed by atoms with Crippen LogP contribution in [0.3, 0.4) is 0 Å². The zero-order valence-electron chi connectivity index (χ0n) is 16.5. The number of fused-ring (bicyclic) bond motifs is 1. The Bertz CT molecular complexity index is 561. The van der Waals surface area contributed by atoms with E-state index in [2.05, 4.69) is 95.2 Å². The van der Waals surface area contributed by atoms with Gasteiger partial charge in [0.15, 0.2) is 0 Å². The summed E-state index contributed by atoms with van der Waals surface area (Å²) in [6, 6.07) is 9.25. The predicted molar refractivity (Wildman–Crippen MR) is 108 cm³/mol. The molecule has 0 aromatic heterocycles. The van der Waals surface area contributed by atoms with Crippen molar-refractivity contribution in [2.24, 2.45) is 5.92 Å². The summed E-state index contributed by atoms with van der Waals surface area (Å²) in [5.41, 5.74) is 4.80. The Kier molecular flexibility index (Phi) is 5.04. The van der Waals surface area contributed by atoms with Gasteiger partial charge in [-0.3, -0.25) is 0 Å². The molecule has 0 fully saturated rings. The van der Waals surface area contributed by atoms with Gasteiger partial charge >= 0.3 is 0 Å². The van der Waals surface area contributed by atoms with Gasteiger partial charge in [0, 0.05) is 5.54 Å². The van der Waals surface area contributed by atoms with E-state index in [4.69, 9.17) is 0 Å². The van der Waals surface area contributed by atoms with Crippen molar-refractivity contribution >= 4 is 16.5 Å². The lowest BCUT2D eigenvalue weighted by Crippen LogP contribution is -2.59. The summed E-state index contributed by atoms with van der Waals surface area (Å²) in [7, 11) is -0.945. The average Bonchev–Trinajstić information content (AvgIpc) is 2.69. The second kappa shape index (κ2) is 6.14. The molecule has 0 aliphatic heterocycles. The minimum Gasteiger partial charge on any atom is -0.340 e. The highest BCUT2D eigenvalue weighted by molar-refractivity contribution is 6.79. The van der Waals surface area contributed by atoms with Gasteiger partial charge in [-0.15, -0.1) is 0 Å². The summed E-state index contributed by atoms with van der Waals surface area (Å²) in [5.74, 6) is 0.707. The van der Waals surface area contributed by atoms with E-state index in [9.17, 15) is 0 Å². The van der Waals surface area contributed by atoms with Gasteiger partial charge in [-0.05, 0) is 55.9 Å². The third-order valence-electron chi connectivity index (χ3n) is 5.61. The highest BCUT2D eigenvalue weighted by atomic mass is 28.3. The molecule has 130 valence electrons. The zero-order valence-corrected chi connectivity index (χ0v) is 18.5. The fourth-order valence-electron chi connectivity index (χ4n) is 5.13. The lowest BCUT2D eigenvalue weighted by molar-refractivity contribution is 0.485. The molecule has 0 saturated heterocycles. The van der Waals surface area contributed by atoms with Gasteiger partial charge in [0.2, 0.25) is 0 Å². The van der Waals surface area contributed by atoms with E-state index >= 15 is 0 Å². The third-order valence-corrected chi connectivity index (χ3v) is 13.1. The molecule has 3 unspecified atom stereocenters. The minimum atomic E-state index is -1.61.